The Kier molecular flexibility index (Phi) is 12.3. The number of carbonyl (C=O) groups excluding carboxylic acids is 2. The average molecular weight is 454 g/mol. The molecule has 0 radical (unpaired) electrons. The van der Waals surface area contributed by atoms with E-state index in [1.807, 2.05) is 0 Å². The topological polar surface area (TPSA) is 109 Å². The summed E-state index contributed by atoms with van der Waals surface area (Å²) in [6.45, 7) is 5.35. The van der Waals surface area contributed by atoms with Crippen molar-refractivity contribution < 1.29 is 28.6 Å². The predicted octanol–water partition coefficient (Wildman–Crippen LogP) is 3.37. The summed E-state index contributed by atoms with van der Waals surface area (Å²) < 4.78 is 17.5. The highest BCUT2D eigenvalue weighted by Gasteiger charge is 2.24. The van der Waals surface area contributed by atoms with Crippen molar-refractivity contribution in [1.82, 2.24) is 15.2 Å². The van der Waals surface area contributed by atoms with Crippen molar-refractivity contribution in [3.8, 4) is 5.75 Å². The van der Waals surface area contributed by atoms with Crippen LogP contribution in [0.15, 0.2) is 18.5 Å². The van der Waals surface area contributed by atoms with Gasteiger partial charge in [0.1, 0.15) is 19.0 Å². The zero-order valence-corrected chi connectivity index (χ0v) is 19.5. The maximum absolute atomic E-state index is 12.7. The van der Waals surface area contributed by atoms with Gasteiger partial charge in [0.15, 0.2) is 0 Å². The summed E-state index contributed by atoms with van der Waals surface area (Å²) >= 11 is 0. The lowest BCUT2D eigenvalue weighted by Crippen LogP contribution is -2.40. The Hall–Kier alpha value is -2.71. The number of pyridine rings is 1. The van der Waals surface area contributed by atoms with E-state index in [9.17, 15) is 23.9 Å². The molecule has 0 bridgehead atoms. The van der Waals surface area contributed by atoms with Gasteiger partial charge in [-0.15, -0.1) is 0 Å². The lowest BCUT2D eigenvalue weighted by molar-refractivity contribution is -0.138. The fraction of sp³-hybridized carbons (Fsp3) is 0.652. The summed E-state index contributed by atoms with van der Waals surface area (Å²) in [5.41, 5.74) is 0.443. The number of carboxylic acid groups (broad SMARTS) is 1. The van der Waals surface area contributed by atoms with Gasteiger partial charge in [0.25, 0.3) is 0 Å². The van der Waals surface area contributed by atoms with Gasteiger partial charge >= 0.3 is 5.97 Å². The smallest absolute Gasteiger partial charge is 0.305 e. The van der Waals surface area contributed by atoms with Gasteiger partial charge in [-0.05, 0) is 24.0 Å². The number of halogens is 1. The van der Waals surface area contributed by atoms with Crippen LogP contribution in [0.4, 0.5) is 4.39 Å². The van der Waals surface area contributed by atoms with Gasteiger partial charge in [-0.2, -0.15) is 0 Å². The van der Waals surface area contributed by atoms with Crippen molar-refractivity contribution in [3.63, 3.8) is 0 Å². The number of carboxylic acids is 1. The van der Waals surface area contributed by atoms with Crippen LogP contribution in [0.1, 0.15) is 64.5 Å². The number of aliphatic carboxylic acids is 1. The summed E-state index contributed by atoms with van der Waals surface area (Å²) in [4.78, 5) is 42.0. The van der Waals surface area contributed by atoms with Crippen LogP contribution in [0.2, 0.25) is 0 Å². The Morgan fingerprint density at radius 3 is 2.59 bits per heavy atom. The van der Waals surface area contributed by atoms with Crippen molar-refractivity contribution >= 4 is 17.8 Å². The Morgan fingerprint density at radius 2 is 1.97 bits per heavy atom. The molecule has 8 nitrogen and oxygen atoms in total. The third kappa shape index (κ3) is 10.1. The number of nitrogens with one attached hydrogen (secondary N) is 1. The summed E-state index contributed by atoms with van der Waals surface area (Å²) in [5, 5.41) is 12.0. The Balaban J connectivity index is 2.73. The minimum Gasteiger partial charge on any atom is -0.489 e. The van der Waals surface area contributed by atoms with E-state index in [4.69, 9.17) is 4.74 Å². The fourth-order valence-electron chi connectivity index (χ4n) is 3.40. The molecule has 180 valence electrons. The largest absolute Gasteiger partial charge is 0.489 e. The first-order chi connectivity index (χ1) is 15.2. The number of amides is 2. The lowest BCUT2D eigenvalue weighted by Gasteiger charge is -2.24. The van der Waals surface area contributed by atoms with Gasteiger partial charge in [-0.1, -0.05) is 33.6 Å². The molecule has 0 aliphatic carbocycles. The normalized spacial score (nSPS) is 13.7. The van der Waals surface area contributed by atoms with Gasteiger partial charge in [0.05, 0.1) is 24.6 Å². The summed E-state index contributed by atoms with van der Waals surface area (Å²) in [5.74, 6) is -1.24. The van der Waals surface area contributed by atoms with E-state index in [1.54, 1.807) is 18.9 Å². The number of rotatable bonds is 15. The molecular formula is C23H36FN3O5. The highest BCUT2D eigenvalue weighted by atomic mass is 19.1. The molecule has 1 aromatic rings. The molecule has 1 heterocycles. The van der Waals surface area contributed by atoms with E-state index in [0.717, 1.165) is 19.3 Å². The number of carbonyl (C=O) groups is 3. The maximum atomic E-state index is 12.7. The molecule has 9 heteroatoms. The maximum Gasteiger partial charge on any atom is 0.305 e. The Morgan fingerprint density at radius 1 is 1.25 bits per heavy atom. The number of ether oxygens (including phenoxy) is 1. The third-order valence-corrected chi connectivity index (χ3v) is 5.23. The summed E-state index contributed by atoms with van der Waals surface area (Å²) in [6, 6.07) is 0.703. The Bertz CT molecular complexity index is 746. The molecule has 3 atom stereocenters. The van der Waals surface area contributed by atoms with Crippen LogP contribution in [-0.4, -0.2) is 59.6 Å². The van der Waals surface area contributed by atoms with E-state index in [-0.39, 0.29) is 31.4 Å². The number of hydrogen-bond donors (Lipinski definition) is 2. The molecule has 0 saturated heterocycles. The van der Waals surface area contributed by atoms with E-state index in [2.05, 4.69) is 24.1 Å². The van der Waals surface area contributed by atoms with Gasteiger partial charge in [0, 0.05) is 26.2 Å². The highest BCUT2D eigenvalue weighted by molar-refractivity contribution is 5.81. The molecule has 2 N–H and O–H groups in total. The third-order valence-electron chi connectivity index (χ3n) is 5.23. The fourth-order valence-corrected chi connectivity index (χ4v) is 3.40. The van der Waals surface area contributed by atoms with Crippen LogP contribution >= 0.6 is 0 Å². The second-order valence-corrected chi connectivity index (χ2v) is 8.26. The first-order valence-electron chi connectivity index (χ1n) is 11.1. The van der Waals surface area contributed by atoms with Gasteiger partial charge in [-0.25, -0.2) is 4.39 Å². The quantitative estimate of drug-likeness (QED) is 0.421. The minimum atomic E-state index is -1.09. The second kappa shape index (κ2) is 14.4. The van der Waals surface area contributed by atoms with E-state index < -0.39 is 24.6 Å². The van der Waals surface area contributed by atoms with Crippen molar-refractivity contribution in [2.75, 3.05) is 26.9 Å². The summed E-state index contributed by atoms with van der Waals surface area (Å²) in [6.07, 6.45) is 5.89. The van der Waals surface area contributed by atoms with Crippen LogP contribution in [0.3, 0.4) is 0 Å². The molecule has 32 heavy (non-hydrogen) atoms. The average Bonchev–Trinajstić information content (AvgIpc) is 2.75. The molecule has 0 spiro atoms. The molecule has 1 rings (SSSR count). The van der Waals surface area contributed by atoms with Crippen molar-refractivity contribution in [3.05, 3.63) is 24.0 Å². The first-order valence-corrected chi connectivity index (χ1v) is 11.1. The van der Waals surface area contributed by atoms with Gasteiger partial charge in [0.2, 0.25) is 11.8 Å². The standard InChI is InChI=1S/C23H36FN3O5/c1-5-6-16(2)7-8-21(28)27(4)15-17(3)23(31)26-20(12-22(29)30)18-11-19(14-25-13-18)32-10-9-24/h11,13-14,16-17,20H,5-10,12,15H2,1-4H3,(H,26,31)(H,29,30)/t16?,17-,20+/m1/s1. The van der Waals surface area contributed by atoms with Crippen molar-refractivity contribution in [2.24, 2.45) is 11.8 Å². The van der Waals surface area contributed by atoms with Crippen LogP contribution in [0.25, 0.3) is 0 Å². The van der Waals surface area contributed by atoms with Crippen LogP contribution < -0.4 is 10.1 Å². The zero-order valence-electron chi connectivity index (χ0n) is 19.5. The van der Waals surface area contributed by atoms with Crippen LogP contribution in [-0.2, 0) is 14.4 Å². The first kappa shape index (κ1) is 27.3. The number of aromatic nitrogens is 1. The van der Waals surface area contributed by atoms with Crippen LogP contribution in [0.5, 0.6) is 5.75 Å². The predicted molar refractivity (Wildman–Crippen MR) is 119 cm³/mol. The van der Waals surface area contributed by atoms with Crippen LogP contribution in [0, 0.1) is 11.8 Å². The SMILES string of the molecule is CCCC(C)CCC(=O)N(C)C[C@@H](C)C(=O)N[C@@H](CC(=O)O)c1cncc(OCCF)c1. The van der Waals surface area contributed by atoms with Gasteiger partial charge < -0.3 is 20.1 Å². The van der Waals surface area contributed by atoms with E-state index in [1.165, 1.54) is 18.5 Å². The minimum absolute atomic E-state index is 0.0170. The second-order valence-electron chi connectivity index (χ2n) is 8.26. The monoisotopic (exact) mass is 453 g/mol. The number of alkyl halides is 1. The van der Waals surface area contributed by atoms with Gasteiger partial charge in [-0.3, -0.25) is 19.4 Å². The van der Waals surface area contributed by atoms with E-state index >= 15 is 0 Å². The molecule has 2 amide bonds. The molecule has 0 aliphatic rings. The molecule has 0 aromatic carbocycles. The molecule has 0 aliphatic heterocycles. The summed E-state index contributed by atoms with van der Waals surface area (Å²) in [7, 11) is 1.67. The molecule has 0 fully saturated rings. The van der Waals surface area contributed by atoms with Crippen molar-refractivity contribution in [2.45, 2.75) is 58.9 Å². The highest BCUT2D eigenvalue weighted by Crippen LogP contribution is 2.21. The molecule has 1 unspecified atom stereocenters. The number of nitrogens with zero attached hydrogens (tertiary/aromatic N) is 2. The van der Waals surface area contributed by atoms with Crippen molar-refractivity contribution in [1.29, 1.82) is 0 Å². The Labute approximate surface area is 189 Å². The molecule has 0 saturated carbocycles. The lowest BCUT2D eigenvalue weighted by atomic mass is 10.00. The molecular weight excluding hydrogens is 417 g/mol. The number of hydrogen-bond acceptors (Lipinski definition) is 5. The van der Waals surface area contributed by atoms with E-state index in [0.29, 0.717) is 23.7 Å². The molecule has 1 aromatic heterocycles. The zero-order chi connectivity index (χ0) is 24.1.